The Labute approximate surface area is 467 Å². The third-order valence-corrected chi connectivity index (χ3v) is 17.8. The maximum Gasteiger partial charge on any atom is 0.249 e. The molecule has 2 heterocycles. The van der Waals surface area contributed by atoms with Crippen LogP contribution in [0.15, 0.2) is 283 Å². The minimum Gasteiger partial charge on any atom is -0.310 e. The molecule has 13 aromatic rings. The van der Waals surface area contributed by atoms with Crippen molar-refractivity contribution in [2.45, 2.75) is 36.0 Å². The zero-order valence-electron chi connectivity index (χ0n) is 44.4. The molecule has 2 aliphatic heterocycles. The summed E-state index contributed by atoms with van der Waals surface area (Å²) in [5.74, 6) is 0. The van der Waals surface area contributed by atoms with Crippen LogP contribution < -0.4 is 21.3 Å². The first-order valence-electron chi connectivity index (χ1n) is 27.6. The van der Waals surface area contributed by atoms with E-state index in [-0.39, 0.29) is 12.1 Å². The van der Waals surface area contributed by atoms with Crippen LogP contribution in [0.25, 0.3) is 99.1 Å². The Hall–Kier alpha value is -9.15. The maximum atomic E-state index is 2.68. The molecule has 0 unspecified atom stereocenters. The van der Waals surface area contributed by atoms with E-state index in [9.17, 15) is 0 Å². The summed E-state index contributed by atoms with van der Waals surface area (Å²) in [6.45, 7) is 7.06. The zero-order chi connectivity index (χ0) is 52.8. The van der Waals surface area contributed by atoms with E-state index < -0.39 is 0 Å². The Kier molecular flexibility index (Phi) is 11.2. The molecule has 0 atom stereocenters. The number of fused-ring (bicyclic) bond motifs is 7. The molecular formula is C76H54BNS. The van der Waals surface area contributed by atoms with Gasteiger partial charge in [0.25, 0.3) is 0 Å². The molecule has 79 heavy (non-hydrogen) atoms. The highest BCUT2D eigenvalue weighted by Crippen LogP contribution is 2.52. The normalized spacial score (nSPS) is 12.6. The third kappa shape index (κ3) is 7.86. The van der Waals surface area contributed by atoms with Gasteiger partial charge in [0, 0.05) is 32.3 Å². The lowest BCUT2D eigenvalue weighted by Crippen LogP contribution is -2.60. The second-order valence-corrected chi connectivity index (χ2v) is 23.4. The first kappa shape index (κ1) is 47.1. The molecule has 0 aliphatic carbocycles. The fraction of sp³-hybridized carbons (Fsp3) is 0.0526. The third-order valence-electron chi connectivity index (χ3n) is 16.7. The lowest BCUT2D eigenvalue weighted by Gasteiger charge is -2.43. The molecular weight excluding hydrogens is 970 g/mol. The van der Waals surface area contributed by atoms with Crippen molar-refractivity contribution >= 4 is 84.2 Å². The van der Waals surface area contributed by atoms with E-state index in [0.717, 1.165) is 0 Å². The Bertz CT molecular complexity index is 4420. The van der Waals surface area contributed by atoms with Crippen LogP contribution >= 0.6 is 11.8 Å². The van der Waals surface area contributed by atoms with Gasteiger partial charge in [-0.05, 0) is 134 Å². The lowest BCUT2D eigenvalue weighted by molar-refractivity contribution is 0.589. The molecule has 13 aromatic carbocycles. The van der Waals surface area contributed by atoms with Gasteiger partial charge in [0.2, 0.25) is 6.71 Å². The van der Waals surface area contributed by atoms with E-state index in [0.29, 0.717) is 0 Å². The van der Waals surface area contributed by atoms with Crippen molar-refractivity contribution in [2.24, 2.45) is 0 Å². The molecule has 3 heteroatoms. The summed E-state index contributed by atoms with van der Waals surface area (Å²) in [5, 5.41) is 7.46. The van der Waals surface area contributed by atoms with E-state index in [1.807, 2.05) is 11.8 Å². The van der Waals surface area contributed by atoms with Gasteiger partial charge < -0.3 is 4.90 Å². The van der Waals surface area contributed by atoms with Crippen LogP contribution in [0.5, 0.6) is 0 Å². The molecule has 372 valence electrons. The summed E-state index contributed by atoms with van der Waals surface area (Å²) < 4.78 is 0. The van der Waals surface area contributed by atoms with Crippen LogP contribution in [0.4, 0.5) is 17.1 Å². The topological polar surface area (TPSA) is 3.24 Å². The van der Waals surface area contributed by atoms with Gasteiger partial charge in [0.1, 0.15) is 0 Å². The molecule has 0 saturated carbocycles. The molecule has 0 amide bonds. The monoisotopic (exact) mass is 1020 g/mol. The molecule has 2 aliphatic rings. The second kappa shape index (κ2) is 18.8. The number of hydrogen-bond acceptors (Lipinski definition) is 2. The highest BCUT2D eigenvalue weighted by Gasteiger charge is 2.43. The Morgan fingerprint density at radius 1 is 0.329 bits per heavy atom. The minimum absolute atomic E-state index is 0.0176. The Morgan fingerprint density at radius 3 is 1.43 bits per heavy atom. The van der Waals surface area contributed by atoms with E-state index in [4.69, 9.17) is 0 Å². The SMILES string of the molecule is CC(C)(C)c1cc2c3c(c1)N(c1c(-c4ccccc4)cccc1-c1ccccc1)c1cc(-c4c5ccccc5c(-c5ccc(-c6cccc7ccccc67)cc5)c5ccccc45)ccc1B3c1cc(-c3ccccc3)ccc1S2. The fourth-order valence-electron chi connectivity index (χ4n) is 12.9. The standard InChI is InChI=1S/C76H54BNS/c1-76(2,3)57-47-69-74-71(48-57)79-70-44-42-55(49-21-7-4-8-22-49)45-67(70)77(74)66-43-41-56(46-68(66)78(69)75-60(51-23-9-5-10-24-51)35-20-36-61(75)52-25-11-6-12-26-52)73-64-32-17-15-30-62(64)72(63-31-16-18-33-65(63)73)54-39-37-53(38-40-54)59-34-19-28-50-27-13-14-29-58(50)59/h4-48H,1-3H3. The summed E-state index contributed by atoms with van der Waals surface area (Å²) in [4.78, 5) is 5.31. The number of rotatable bonds is 7. The number of nitrogens with zero attached hydrogens (tertiary/aromatic N) is 1. The fourth-order valence-corrected chi connectivity index (χ4v) is 14.1. The summed E-state index contributed by atoms with van der Waals surface area (Å²) in [6, 6.07) is 102. The molecule has 15 rings (SSSR count). The Balaban J connectivity index is 1.01. The molecule has 0 saturated heterocycles. The highest BCUT2D eigenvalue weighted by molar-refractivity contribution is 8.00. The van der Waals surface area contributed by atoms with Gasteiger partial charge in [0.15, 0.2) is 0 Å². The van der Waals surface area contributed by atoms with Crippen molar-refractivity contribution in [3.05, 3.63) is 279 Å². The van der Waals surface area contributed by atoms with Gasteiger partial charge in [-0.25, -0.2) is 0 Å². The minimum atomic E-state index is -0.121. The van der Waals surface area contributed by atoms with E-state index >= 15 is 0 Å². The van der Waals surface area contributed by atoms with Crippen LogP contribution in [-0.4, -0.2) is 6.71 Å². The van der Waals surface area contributed by atoms with Crippen LogP contribution in [0.1, 0.15) is 26.3 Å². The van der Waals surface area contributed by atoms with Crippen LogP contribution in [0.3, 0.4) is 0 Å². The number of hydrogen-bond donors (Lipinski definition) is 0. The van der Waals surface area contributed by atoms with E-state index in [1.165, 1.54) is 148 Å². The highest BCUT2D eigenvalue weighted by atomic mass is 32.2. The van der Waals surface area contributed by atoms with Crippen molar-refractivity contribution in [2.75, 3.05) is 4.90 Å². The number of para-hydroxylation sites is 1. The van der Waals surface area contributed by atoms with Crippen molar-refractivity contribution in [3.8, 4) is 66.8 Å². The van der Waals surface area contributed by atoms with Crippen LogP contribution in [0.2, 0.25) is 0 Å². The summed E-state index contributed by atoms with van der Waals surface area (Å²) in [6.07, 6.45) is 0. The first-order valence-corrected chi connectivity index (χ1v) is 28.4. The quantitative estimate of drug-likeness (QED) is 0.116. The first-order chi connectivity index (χ1) is 38.8. The average Bonchev–Trinajstić information content (AvgIpc) is 3.69. The predicted octanol–water partition coefficient (Wildman–Crippen LogP) is 19.2. The molecule has 1 nitrogen and oxygen atoms in total. The molecule has 0 radical (unpaired) electrons. The smallest absolute Gasteiger partial charge is 0.249 e. The maximum absolute atomic E-state index is 2.68. The lowest BCUT2D eigenvalue weighted by atomic mass is 9.34. The van der Waals surface area contributed by atoms with Crippen LogP contribution in [-0.2, 0) is 5.41 Å². The van der Waals surface area contributed by atoms with Crippen LogP contribution in [0, 0.1) is 0 Å². The summed E-state index contributed by atoms with van der Waals surface area (Å²) >= 11 is 1.93. The van der Waals surface area contributed by atoms with Gasteiger partial charge in [-0.2, -0.15) is 0 Å². The van der Waals surface area contributed by atoms with Crippen molar-refractivity contribution in [3.63, 3.8) is 0 Å². The second-order valence-electron chi connectivity index (χ2n) is 22.3. The zero-order valence-corrected chi connectivity index (χ0v) is 45.2. The number of anilines is 3. The van der Waals surface area contributed by atoms with Gasteiger partial charge in [0.05, 0.1) is 5.69 Å². The van der Waals surface area contributed by atoms with Gasteiger partial charge in [-0.1, -0.05) is 287 Å². The molecule has 0 N–H and O–H groups in total. The molecule has 0 bridgehead atoms. The van der Waals surface area contributed by atoms with Crippen molar-refractivity contribution in [1.29, 1.82) is 0 Å². The average molecular weight is 1020 g/mol. The van der Waals surface area contributed by atoms with Gasteiger partial charge in [-0.15, -0.1) is 0 Å². The predicted molar refractivity (Wildman–Crippen MR) is 340 cm³/mol. The van der Waals surface area contributed by atoms with Gasteiger partial charge in [-0.3, -0.25) is 0 Å². The van der Waals surface area contributed by atoms with Crippen molar-refractivity contribution in [1.82, 2.24) is 0 Å². The van der Waals surface area contributed by atoms with Gasteiger partial charge >= 0.3 is 0 Å². The summed E-state index contributed by atoms with van der Waals surface area (Å²) in [7, 11) is 0. The summed E-state index contributed by atoms with van der Waals surface area (Å²) in [5.41, 5.74) is 23.4. The molecule has 0 aromatic heterocycles. The largest absolute Gasteiger partial charge is 0.310 e. The number of benzene rings is 13. The van der Waals surface area contributed by atoms with E-state index in [1.54, 1.807) is 0 Å². The Morgan fingerprint density at radius 2 is 0.810 bits per heavy atom. The molecule has 0 fully saturated rings. The van der Waals surface area contributed by atoms with Crippen molar-refractivity contribution < 1.29 is 0 Å². The van der Waals surface area contributed by atoms with E-state index in [2.05, 4.69) is 299 Å². The molecule has 0 spiro atoms.